The second-order valence-corrected chi connectivity index (χ2v) is 4.37. The van der Waals surface area contributed by atoms with E-state index >= 15 is 0 Å². The van der Waals surface area contributed by atoms with Crippen LogP contribution in [0.2, 0.25) is 0 Å². The number of hydrogen-bond acceptors (Lipinski definition) is 3. The number of hydrogen-bond donors (Lipinski definition) is 2. The fraction of sp³-hybridized carbons (Fsp3) is 0.875. The van der Waals surface area contributed by atoms with Crippen molar-refractivity contribution in [2.45, 2.75) is 25.3 Å². The summed E-state index contributed by atoms with van der Waals surface area (Å²) in [6.07, 6.45) is 2.94. The maximum absolute atomic E-state index is 11.5. The van der Waals surface area contributed by atoms with Crippen LogP contribution < -0.4 is 5.73 Å². The zero-order chi connectivity index (χ0) is 10.6. The highest BCUT2D eigenvalue weighted by atomic mass is 32.2. The van der Waals surface area contributed by atoms with Crippen molar-refractivity contribution in [3.63, 3.8) is 0 Å². The summed E-state index contributed by atoms with van der Waals surface area (Å²) in [4.78, 5) is 13.1. The van der Waals surface area contributed by atoms with Crippen molar-refractivity contribution in [2.75, 3.05) is 18.8 Å². The molecule has 0 radical (unpaired) electrons. The van der Waals surface area contributed by atoms with E-state index in [0.29, 0.717) is 13.1 Å². The molecule has 1 fully saturated rings. The van der Waals surface area contributed by atoms with Crippen LogP contribution in [0.15, 0.2) is 0 Å². The third kappa shape index (κ3) is 3.04. The molecule has 1 rings (SSSR count). The second kappa shape index (κ2) is 5.43. The molecule has 14 heavy (non-hydrogen) atoms. The second-order valence-electron chi connectivity index (χ2n) is 3.44. The van der Waals surface area contributed by atoms with Crippen LogP contribution in [0.1, 0.15) is 19.3 Å². The van der Waals surface area contributed by atoms with Gasteiger partial charge in [-0.2, -0.15) is 0 Å². The first-order valence-electron chi connectivity index (χ1n) is 4.72. The van der Waals surface area contributed by atoms with E-state index in [-0.39, 0.29) is 17.7 Å². The first-order valence-corrected chi connectivity index (χ1v) is 5.99. The quantitative estimate of drug-likeness (QED) is 0.631. The summed E-state index contributed by atoms with van der Waals surface area (Å²) in [7, 11) is 0. The van der Waals surface area contributed by atoms with Gasteiger partial charge < -0.3 is 15.2 Å². The fourth-order valence-electron chi connectivity index (χ4n) is 1.76. The highest BCUT2D eigenvalue weighted by molar-refractivity contribution is 7.80. The number of nitrogens with zero attached hydrogens (tertiary/aromatic N) is 1. The van der Waals surface area contributed by atoms with Crippen molar-refractivity contribution in [3.05, 3.63) is 0 Å². The summed E-state index contributed by atoms with van der Waals surface area (Å²) >= 11 is -2.05. The van der Waals surface area contributed by atoms with Gasteiger partial charge in [0.1, 0.15) is 5.75 Å². The highest BCUT2D eigenvalue weighted by Gasteiger charge is 2.25. The molecule has 5 nitrogen and oxygen atoms in total. The van der Waals surface area contributed by atoms with Crippen molar-refractivity contribution >= 4 is 17.0 Å². The minimum absolute atomic E-state index is 0.0554. The number of carbonyl (C=O) groups is 1. The molecule has 1 aliphatic heterocycles. The Labute approximate surface area is 85.9 Å². The molecule has 0 bridgehead atoms. The molecule has 6 heteroatoms. The Balaban J connectivity index is 2.54. The molecule has 0 saturated carbocycles. The van der Waals surface area contributed by atoms with Crippen LogP contribution in [-0.4, -0.2) is 44.5 Å². The van der Waals surface area contributed by atoms with Crippen LogP contribution in [-0.2, 0) is 15.9 Å². The lowest BCUT2D eigenvalue weighted by atomic mass is 10.0. The molecule has 0 spiro atoms. The van der Waals surface area contributed by atoms with E-state index in [1.165, 1.54) is 0 Å². The lowest BCUT2D eigenvalue weighted by molar-refractivity contribution is -0.131. The molecular formula is C8H16N2O3S. The van der Waals surface area contributed by atoms with Crippen molar-refractivity contribution in [3.8, 4) is 0 Å². The predicted molar refractivity (Wildman–Crippen MR) is 54.0 cm³/mol. The van der Waals surface area contributed by atoms with Crippen molar-refractivity contribution in [1.29, 1.82) is 0 Å². The van der Waals surface area contributed by atoms with Gasteiger partial charge in [0.15, 0.2) is 11.1 Å². The summed E-state index contributed by atoms with van der Waals surface area (Å²) in [6.45, 7) is 1.10. The van der Waals surface area contributed by atoms with Gasteiger partial charge in [0, 0.05) is 19.1 Å². The Bertz CT molecular complexity index is 235. The Morgan fingerprint density at radius 2 is 2.29 bits per heavy atom. The van der Waals surface area contributed by atoms with Gasteiger partial charge >= 0.3 is 0 Å². The Kier molecular flexibility index (Phi) is 4.50. The van der Waals surface area contributed by atoms with Crippen LogP contribution in [0.3, 0.4) is 0 Å². The number of likely N-dealkylation sites (tertiary alicyclic amines) is 1. The molecule has 2 unspecified atom stereocenters. The summed E-state index contributed by atoms with van der Waals surface area (Å²) in [6, 6.07) is 0.0554. The van der Waals surface area contributed by atoms with Gasteiger partial charge in [-0.25, -0.2) is 4.21 Å². The third-order valence-electron chi connectivity index (χ3n) is 2.47. The maximum Gasteiger partial charge on any atom is 0.237 e. The molecule has 3 N–H and O–H groups in total. The van der Waals surface area contributed by atoms with E-state index in [4.69, 9.17) is 10.3 Å². The largest absolute Gasteiger partial charge is 0.338 e. The minimum Gasteiger partial charge on any atom is -0.338 e. The fourth-order valence-corrected chi connectivity index (χ4v) is 2.14. The monoisotopic (exact) mass is 220 g/mol. The number of rotatable bonds is 3. The van der Waals surface area contributed by atoms with E-state index in [1.807, 2.05) is 0 Å². The smallest absolute Gasteiger partial charge is 0.237 e. The van der Waals surface area contributed by atoms with Crippen LogP contribution in [0.4, 0.5) is 0 Å². The van der Waals surface area contributed by atoms with Crippen molar-refractivity contribution in [1.82, 2.24) is 4.90 Å². The van der Waals surface area contributed by atoms with Gasteiger partial charge in [0.25, 0.3) is 0 Å². The standard InChI is InChI=1S/C8H16N2O3S/c9-5-7-3-1-2-4-10(7)8(11)6-14(12)13/h7H,1-6,9H2,(H,12,13). The first-order chi connectivity index (χ1) is 6.65. The molecule has 0 aromatic carbocycles. The van der Waals surface area contributed by atoms with Gasteiger partial charge in [-0.3, -0.25) is 4.79 Å². The summed E-state index contributed by atoms with van der Waals surface area (Å²) in [5.74, 6) is -0.572. The Morgan fingerprint density at radius 1 is 1.57 bits per heavy atom. The van der Waals surface area contributed by atoms with E-state index in [0.717, 1.165) is 19.3 Å². The molecule has 82 valence electrons. The molecule has 1 aliphatic rings. The number of nitrogens with two attached hydrogens (primary N) is 1. The normalized spacial score (nSPS) is 24.7. The van der Waals surface area contributed by atoms with Crippen LogP contribution in [0.5, 0.6) is 0 Å². The highest BCUT2D eigenvalue weighted by Crippen LogP contribution is 2.16. The molecule has 0 aliphatic carbocycles. The topological polar surface area (TPSA) is 83.6 Å². The summed E-state index contributed by atoms with van der Waals surface area (Å²) in [5, 5.41) is 0. The minimum atomic E-state index is -2.05. The van der Waals surface area contributed by atoms with Crippen LogP contribution >= 0.6 is 0 Å². The Hall–Kier alpha value is -0.460. The van der Waals surface area contributed by atoms with E-state index in [1.54, 1.807) is 4.90 Å². The number of piperidine rings is 1. The van der Waals surface area contributed by atoms with E-state index < -0.39 is 11.1 Å². The summed E-state index contributed by atoms with van der Waals surface area (Å²) in [5.41, 5.74) is 5.53. The molecular weight excluding hydrogens is 204 g/mol. The average Bonchev–Trinajstić information content (AvgIpc) is 2.16. The SMILES string of the molecule is NCC1CCCCN1C(=O)CS(=O)O. The zero-order valence-electron chi connectivity index (χ0n) is 8.02. The molecule has 1 heterocycles. The Morgan fingerprint density at radius 3 is 2.86 bits per heavy atom. The molecule has 0 aromatic rings. The van der Waals surface area contributed by atoms with Crippen molar-refractivity contribution < 1.29 is 13.6 Å². The molecule has 0 aromatic heterocycles. The van der Waals surface area contributed by atoms with Crippen LogP contribution in [0, 0.1) is 0 Å². The third-order valence-corrected chi connectivity index (χ3v) is 2.96. The summed E-state index contributed by atoms with van der Waals surface area (Å²) < 4.78 is 19.1. The predicted octanol–water partition coefficient (Wildman–Crippen LogP) is -0.452. The van der Waals surface area contributed by atoms with Gasteiger partial charge in [-0.15, -0.1) is 0 Å². The van der Waals surface area contributed by atoms with E-state index in [2.05, 4.69) is 0 Å². The first kappa shape index (κ1) is 11.6. The maximum atomic E-state index is 11.5. The van der Waals surface area contributed by atoms with E-state index in [9.17, 15) is 9.00 Å². The van der Waals surface area contributed by atoms with Gasteiger partial charge in [0.05, 0.1) is 0 Å². The number of carbonyl (C=O) groups excluding carboxylic acids is 1. The average molecular weight is 220 g/mol. The molecule has 1 amide bonds. The lowest BCUT2D eigenvalue weighted by Crippen LogP contribution is -2.48. The number of amides is 1. The lowest BCUT2D eigenvalue weighted by Gasteiger charge is -2.34. The van der Waals surface area contributed by atoms with Gasteiger partial charge in [-0.05, 0) is 19.3 Å². The van der Waals surface area contributed by atoms with Crippen molar-refractivity contribution in [2.24, 2.45) is 5.73 Å². The molecule has 2 atom stereocenters. The van der Waals surface area contributed by atoms with Crippen LogP contribution in [0.25, 0.3) is 0 Å². The van der Waals surface area contributed by atoms with Gasteiger partial charge in [-0.1, -0.05) is 0 Å². The zero-order valence-corrected chi connectivity index (χ0v) is 8.83. The van der Waals surface area contributed by atoms with Gasteiger partial charge in [0.2, 0.25) is 5.91 Å². The molecule has 1 saturated heterocycles.